The van der Waals surface area contributed by atoms with E-state index < -0.39 is 6.23 Å². The van der Waals surface area contributed by atoms with Crippen molar-refractivity contribution in [3.63, 3.8) is 0 Å². The Morgan fingerprint density at radius 2 is 1.97 bits per heavy atom. The molecule has 1 saturated heterocycles. The number of aliphatic hydroxyl groups is 1. The molecule has 2 unspecified atom stereocenters. The van der Waals surface area contributed by atoms with Crippen LogP contribution in [0.5, 0.6) is 0 Å². The van der Waals surface area contributed by atoms with E-state index in [1.807, 2.05) is 17.0 Å². The Bertz CT molecular complexity index is 1050. The zero-order valence-corrected chi connectivity index (χ0v) is 17.6. The van der Waals surface area contributed by atoms with E-state index in [0.29, 0.717) is 42.4 Å². The third kappa shape index (κ3) is 4.28. The molecule has 6 nitrogen and oxygen atoms in total. The van der Waals surface area contributed by atoms with E-state index in [1.54, 1.807) is 18.3 Å². The van der Waals surface area contributed by atoms with E-state index in [4.69, 9.17) is 9.40 Å². The van der Waals surface area contributed by atoms with Gasteiger partial charge in [-0.1, -0.05) is 13.3 Å². The van der Waals surface area contributed by atoms with E-state index in [1.165, 1.54) is 12.1 Å². The summed E-state index contributed by atoms with van der Waals surface area (Å²) in [7, 11) is 0. The third-order valence-electron chi connectivity index (χ3n) is 6.19. The number of hydrogen-bond donors (Lipinski definition) is 2. The van der Waals surface area contributed by atoms with Crippen LogP contribution in [0.4, 0.5) is 16.2 Å². The molecule has 1 saturated carbocycles. The molecule has 2 atom stereocenters. The lowest BCUT2D eigenvalue weighted by molar-refractivity contribution is 0.105. The third-order valence-corrected chi connectivity index (χ3v) is 6.19. The maximum atomic E-state index is 13.5. The molecule has 3 aromatic rings. The fraction of sp³-hybridized carbons (Fsp3) is 0.417. The number of aliphatic hydroxyl groups excluding tert-OH is 1. The Morgan fingerprint density at radius 1 is 1.16 bits per heavy atom. The van der Waals surface area contributed by atoms with Crippen molar-refractivity contribution in [2.45, 2.75) is 51.3 Å². The van der Waals surface area contributed by atoms with Crippen LogP contribution in [0.2, 0.25) is 0 Å². The highest BCUT2D eigenvalue weighted by Gasteiger charge is 2.31. The van der Waals surface area contributed by atoms with Gasteiger partial charge in [-0.15, -0.1) is 0 Å². The summed E-state index contributed by atoms with van der Waals surface area (Å²) in [6, 6.07) is 11.0. The number of rotatable bonds is 6. The molecule has 5 rings (SSSR count). The monoisotopic (exact) mass is 422 g/mol. The molecule has 0 amide bonds. The summed E-state index contributed by atoms with van der Waals surface area (Å²) in [4.78, 5) is 11.0. The molecule has 0 bridgehead atoms. The highest BCUT2D eigenvalue weighted by Crippen LogP contribution is 2.38. The fourth-order valence-electron chi connectivity index (χ4n) is 4.13. The summed E-state index contributed by atoms with van der Waals surface area (Å²) in [6.07, 6.45) is 6.17. The van der Waals surface area contributed by atoms with Crippen molar-refractivity contribution in [3.8, 4) is 22.6 Å². The van der Waals surface area contributed by atoms with Gasteiger partial charge in [0, 0.05) is 29.9 Å². The van der Waals surface area contributed by atoms with Gasteiger partial charge in [0.1, 0.15) is 23.6 Å². The molecule has 1 aliphatic heterocycles. The molecule has 0 spiro atoms. The zero-order chi connectivity index (χ0) is 21.4. The molecule has 162 valence electrons. The highest BCUT2D eigenvalue weighted by atomic mass is 19.1. The molecule has 1 aromatic carbocycles. The Kier molecular flexibility index (Phi) is 5.36. The second-order valence-electron chi connectivity index (χ2n) is 8.50. The first-order chi connectivity index (χ1) is 15.1. The number of benzene rings is 1. The second-order valence-corrected chi connectivity index (χ2v) is 8.50. The van der Waals surface area contributed by atoms with Gasteiger partial charge < -0.3 is 19.7 Å². The van der Waals surface area contributed by atoms with E-state index in [0.717, 1.165) is 42.6 Å². The molecule has 1 aliphatic carbocycles. The molecule has 2 aliphatic rings. The van der Waals surface area contributed by atoms with Gasteiger partial charge in [-0.05, 0) is 68.0 Å². The second kappa shape index (κ2) is 8.30. The highest BCUT2D eigenvalue weighted by molar-refractivity contribution is 5.79. The summed E-state index contributed by atoms with van der Waals surface area (Å²) < 4.78 is 19.8. The van der Waals surface area contributed by atoms with Crippen LogP contribution >= 0.6 is 0 Å². The molecular weight excluding hydrogens is 395 g/mol. The smallest absolute Gasteiger partial charge is 0.300 e. The van der Waals surface area contributed by atoms with Gasteiger partial charge in [0.25, 0.3) is 6.01 Å². The summed E-state index contributed by atoms with van der Waals surface area (Å²) in [5.41, 5.74) is 2.23. The Morgan fingerprint density at radius 3 is 2.68 bits per heavy atom. The molecule has 2 N–H and O–H groups in total. The standard InChI is InChI=1S/C24H27FN4O2/c1-2-15-10-12-29(21(30)13-15)24-28-22(16-3-5-18(25)6-4-16)23(31-24)17-9-11-26-20(14-17)27-19-7-8-19/h3-6,9,11,14-15,19,21,30H,2,7-8,10,12-13H2,1H3,(H,26,27). The maximum Gasteiger partial charge on any atom is 0.300 e. The van der Waals surface area contributed by atoms with Crippen molar-refractivity contribution in [2.24, 2.45) is 5.92 Å². The molecule has 0 radical (unpaired) electrons. The Hall–Kier alpha value is -2.93. The van der Waals surface area contributed by atoms with Crippen molar-refractivity contribution >= 4 is 11.8 Å². The molecule has 3 heterocycles. The lowest BCUT2D eigenvalue weighted by Crippen LogP contribution is -2.42. The van der Waals surface area contributed by atoms with Gasteiger partial charge in [-0.25, -0.2) is 9.37 Å². The number of piperidine rings is 1. The maximum absolute atomic E-state index is 13.5. The minimum atomic E-state index is -0.629. The Balaban J connectivity index is 1.53. The van der Waals surface area contributed by atoms with E-state index in [9.17, 15) is 9.50 Å². The summed E-state index contributed by atoms with van der Waals surface area (Å²) >= 11 is 0. The van der Waals surface area contributed by atoms with E-state index in [2.05, 4.69) is 17.2 Å². The van der Waals surface area contributed by atoms with Gasteiger partial charge in [0.15, 0.2) is 5.76 Å². The van der Waals surface area contributed by atoms with Crippen molar-refractivity contribution < 1.29 is 13.9 Å². The molecule has 2 fully saturated rings. The number of hydrogen-bond acceptors (Lipinski definition) is 6. The van der Waals surface area contributed by atoms with Crippen LogP contribution < -0.4 is 10.2 Å². The van der Waals surface area contributed by atoms with Gasteiger partial charge in [-0.2, -0.15) is 4.98 Å². The lowest BCUT2D eigenvalue weighted by atomic mass is 9.93. The van der Waals surface area contributed by atoms with Crippen molar-refractivity contribution in [1.29, 1.82) is 0 Å². The largest absolute Gasteiger partial charge is 0.423 e. The van der Waals surface area contributed by atoms with Gasteiger partial charge >= 0.3 is 0 Å². The summed E-state index contributed by atoms with van der Waals surface area (Å²) in [5, 5.41) is 14.1. The van der Waals surface area contributed by atoms with Gasteiger partial charge in [0.2, 0.25) is 0 Å². The predicted octanol–water partition coefficient (Wildman–Crippen LogP) is 5.06. The van der Waals surface area contributed by atoms with Crippen molar-refractivity contribution in [2.75, 3.05) is 16.8 Å². The Labute approximate surface area is 181 Å². The first-order valence-corrected chi connectivity index (χ1v) is 11.0. The van der Waals surface area contributed by atoms with Crippen LogP contribution in [-0.4, -0.2) is 33.9 Å². The van der Waals surface area contributed by atoms with Gasteiger partial charge in [-0.3, -0.25) is 0 Å². The topological polar surface area (TPSA) is 74.4 Å². The summed E-state index contributed by atoms with van der Waals surface area (Å²) in [5.74, 6) is 1.60. The average Bonchev–Trinajstić information content (AvgIpc) is 3.49. The number of aromatic nitrogens is 2. The normalized spacial score (nSPS) is 21.3. The number of oxazole rings is 1. The first-order valence-electron chi connectivity index (χ1n) is 11.0. The quantitative estimate of drug-likeness (QED) is 0.578. The fourth-order valence-corrected chi connectivity index (χ4v) is 4.13. The SMILES string of the molecule is CCC1CCN(c2nc(-c3ccc(F)cc3)c(-c3ccnc(NC4CC4)c3)o2)C(O)C1. The van der Waals surface area contributed by atoms with Crippen molar-refractivity contribution in [1.82, 2.24) is 9.97 Å². The number of nitrogens with zero attached hydrogens (tertiary/aromatic N) is 3. The van der Waals surface area contributed by atoms with Crippen LogP contribution in [0.15, 0.2) is 47.0 Å². The molecular formula is C24H27FN4O2. The van der Waals surface area contributed by atoms with Crippen LogP contribution in [-0.2, 0) is 0 Å². The predicted molar refractivity (Wildman–Crippen MR) is 118 cm³/mol. The summed E-state index contributed by atoms with van der Waals surface area (Å²) in [6.45, 7) is 2.84. The molecule has 31 heavy (non-hydrogen) atoms. The van der Waals surface area contributed by atoms with E-state index in [-0.39, 0.29) is 5.82 Å². The van der Waals surface area contributed by atoms with Gasteiger partial charge in [0.05, 0.1) is 0 Å². The van der Waals surface area contributed by atoms with Crippen LogP contribution in [0, 0.1) is 11.7 Å². The van der Waals surface area contributed by atoms with Crippen LogP contribution in [0.1, 0.15) is 39.0 Å². The minimum absolute atomic E-state index is 0.300. The number of nitrogens with one attached hydrogen (secondary N) is 1. The number of pyridine rings is 1. The van der Waals surface area contributed by atoms with E-state index >= 15 is 0 Å². The van der Waals surface area contributed by atoms with Crippen LogP contribution in [0.3, 0.4) is 0 Å². The zero-order valence-electron chi connectivity index (χ0n) is 17.6. The molecule has 7 heteroatoms. The van der Waals surface area contributed by atoms with Crippen molar-refractivity contribution in [3.05, 3.63) is 48.4 Å². The first kappa shape index (κ1) is 20.0. The molecule has 2 aromatic heterocycles. The number of halogens is 1. The number of anilines is 2. The lowest BCUT2D eigenvalue weighted by Gasteiger charge is -2.35. The van der Waals surface area contributed by atoms with Crippen LogP contribution in [0.25, 0.3) is 22.6 Å². The average molecular weight is 423 g/mol. The minimum Gasteiger partial charge on any atom is -0.423 e.